The van der Waals surface area contributed by atoms with E-state index in [0.29, 0.717) is 11.6 Å². The van der Waals surface area contributed by atoms with Crippen LogP contribution in [0.4, 0.5) is 0 Å². The molecule has 0 aromatic heterocycles. The van der Waals surface area contributed by atoms with Crippen molar-refractivity contribution in [3.05, 3.63) is 25.3 Å². The molecule has 0 spiro atoms. The molecule has 0 N–H and O–H groups in total. The van der Waals surface area contributed by atoms with Crippen molar-refractivity contribution in [3.8, 4) is 23.0 Å². The van der Waals surface area contributed by atoms with E-state index in [1.807, 2.05) is 12.7 Å². The highest BCUT2D eigenvalue weighted by molar-refractivity contribution is 8.76. The van der Waals surface area contributed by atoms with Gasteiger partial charge in [-0.05, 0) is 49.3 Å². The van der Waals surface area contributed by atoms with Crippen molar-refractivity contribution in [2.75, 3.05) is 36.2 Å². The number of imidazole rings is 2. The molecule has 0 unspecified atom stereocenters. The third-order valence-electron chi connectivity index (χ3n) is 4.83. The predicted octanol–water partition coefficient (Wildman–Crippen LogP) is 2.62. The van der Waals surface area contributed by atoms with E-state index in [-0.39, 0.29) is 0 Å². The van der Waals surface area contributed by atoms with Crippen LogP contribution in [0.2, 0.25) is 0 Å². The van der Waals surface area contributed by atoms with Gasteiger partial charge in [0, 0.05) is 26.2 Å². The van der Waals surface area contributed by atoms with Crippen LogP contribution in [-0.2, 0) is 0 Å². The molecule has 4 aliphatic rings. The Kier molecular flexibility index (Phi) is 6.23. The summed E-state index contributed by atoms with van der Waals surface area (Å²) in [7, 11) is 3.23. The molecule has 0 atom stereocenters. The van der Waals surface area contributed by atoms with E-state index in [9.17, 15) is 0 Å². The van der Waals surface area contributed by atoms with Gasteiger partial charge in [-0.1, -0.05) is 0 Å². The Bertz CT molecular complexity index is 956. The van der Waals surface area contributed by atoms with E-state index in [1.54, 1.807) is 34.2 Å². The zero-order valence-electron chi connectivity index (χ0n) is 17.4. The molecule has 0 aromatic carbocycles. The Hall–Kier alpha value is -2.60. The smallest absolute Gasteiger partial charge is 0.184 e. The van der Waals surface area contributed by atoms with Gasteiger partial charge in [-0.25, -0.2) is 39.3 Å². The first-order chi connectivity index (χ1) is 14.7. The SMILES string of the molecule is CCN(CC)n1cnc2ncnc-2c1SSc1c2ncnc-2ncn1N(CC)CC. The zero-order chi connectivity index (χ0) is 21.1. The minimum absolute atomic E-state index is 0.645. The lowest BCUT2D eigenvalue weighted by molar-refractivity contribution is 0.562. The zero-order valence-corrected chi connectivity index (χ0v) is 19.1. The largest absolute Gasteiger partial charge is 0.311 e. The van der Waals surface area contributed by atoms with Crippen molar-refractivity contribution in [1.29, 1.82) is 0 Å². The van der Waals surface area contributed by atoms with Gasteiger partial charge in [-0.15, -0.1) is 0 Å². The van der Waals surface area contributed by atoms with Gasteiger partial charge in [0.05, 0.1) is 0 Å². The van der Waals surface area contributed by atoms with Crippen LogP contribution in [0.5, 0.6) is 0 Å². The molecule has 0 saturated heterocycles. The van der Waals surface area contributed by atoms with Crippen molar-refractivity contribution in [3.63, 3.8) is 0 Å². The Morgan fingerprint density at radius 2 is 1.03 bits per heavy atom. The summed E-state index contributed by atoms with van der Waals surface area (Å²) in [4.78, 5) is 26.4. The average molecular weight is 445 g/mol. The molecular weight excluding hydrogens is 420 g/mol. The molecule has 0 aromatic rings. The maximum atomic E-state index is 4.47. The quantitative estimate of drug-likeness (QED) is 0.283. The second-order valence-corrected chi connectivity index (χ2v) is 8.43. The Morgan fingerprint density at radius 3 is 1.40 bits per heavy atom. The molecule has 10 nitrogen and oxygen atoms in total. The summed E-state index contributed by atoms with van der Waals surface area (Å²) in [6.07, 6.45) is 6.75. The van der Waals surface area contributed by atoms with Crippen LogP contribution < -0.4 is 10.0 Å². The minimum atomic E-state index is 0.645. The highest BCUT2D eigenvalue weighted by atomic mass is 33.1. The molecule has 0 amide bonds. The molecule has 4 rings (SSSR count). The summed E-state index contributed by atoms with van der Waals surface area (Å²) in [6.45, 7) is 11.9. The fourth-order valence-electron chi connectivity index (χ4n) is 3.25. The second kappa shape index (κ2) is 9.04. The number of nitrogens with zero attached hydrogens (tertiary/aromatic N) is 10. The summed E-state index contributed by atoms with van der Waals surface area (Å²) in [5.41, 5.74) is 1.57. The van der Waals surface area contributed by atoms with Crippen molar-refractivity contribution in [1.82, 2.24) is 39.3 Å². The van der Waals surface area contributed by atoms with Crippen LogP contribution in [0.15, 0.2) is 35.4 Å². The first kappa shape index (κ1) is 20.7. The first-order valence-corrected chi connectivity index (χ1v) is 12.1. The lowest BCUT2D eigenvalue weighted by atomic mass is 10.4. The highest BCUT2D eigenvalue weighted by Crippen LogP contribution is 2.43. The standard InChI is InChI=1S/C18H24N10S2/c1-5-25(6-2)27-11-23-15-13(19-9-21-15)17(27)29-30-18-14-16(22-10-20-14)24-12-28(18)26(7-3)8-4/h9-12H,5-8H2,1-4H3. The van der Waals surface area contributed by atoms with Gasteiger partial charge in [0.25, 0.3) is 0 Å². The molecule has 0 aliphatic carbocycles. The molecule has 0 radical (unpaired) electrons. The van der Waals surface area contributed by atoms with Crippen molar-refractivity contribution >= 4 is 21.6 Å². The number of fused-ring (bicyclic) bond motifs is 2. The normalized spacial score (nSPS) is 11.5. The van der Waals surface area contributed by atoms with E-state index in [0.717, 1.165) is 47.6 Å². The van der Waals surface area contributed by atoms with Crippen LogP contribution in [0, 0.1) is 0 Å². The highest BCUT2D eigenvalue weighted by Gasteiger charge is 2.24. The molecule has 0 saturated carbocycles. The van der Waals surface area contributed by atoms with Crippen LogP contribution in [0.25, 0.3) is 23.0 Å². The van der Waals surface area contributed by atoms with Crippen molar-refractivity contribution < 1.29 is 0 Å². The lowest BCUT2D eigenvalue weighted by Crippen LogP contribution is -2.36. The average Bonchev–Trinajstić information content (AvgIpc) is 3.44. The van der Waals surface area contributed by atoms with Gasteiger partial charge < -0.3 is 10.0 Å². The Morgan fingerprint density at radius 1 is 0.633 bits per heavy atom. The fraction of sp³-hybridized carbons (Fsp3) is 0.444. The Balaban J connectivity index is 1.76. The second-order valence-electron chi connectivity index (χ2n) is 6.32. The molecule has 4 heterocycles. The van der Waals surface area contributed by atoms with Crippen LogP contribution >= 0.6 is 21.6 Å². The van der Waals surface area contributed by atoms with E-state index in [2.05, 4.69) is 77.0 Å². The van der Waals surface area contributed by atoms with E-state index in [4.69, 9.17) is 0 Å². The van der Waals surface area contributed by atoms with Gasteiger partial charge in [0.15, 0.2) is 11.6 Å². The third-order valence-corrected chi connectivity index (χ3v) is 7.18. The van der Waals surface area contributed by atoms with Crippen molar-refractivity contribution in [2.24, 2.45) is 0 Å². The summed E-state index contributed by atoms with van der Waals surface area (Å²) >= 11 is 0. The molecule has 0 bridgehead atoms. The summed E-state index contributed by atoms with van der Waals surface area (Å²) in [6, 6.07) is 0. The van der Waals surface area contributed by atoms with Gasteiger partial charge in [-0.3, -0.25) is 0 Å². The minimum Gasteiger partial charge on any atom is -0.311 e. The number of rotatable bonds is 9. The predicted molar refractivity (Wildman–Crippen MR) is 119 cm³/mol. The summed E-state index contributed by atoms with van der Waals surface area (Å²) < 4.78 is 4.12. The van der Waals surface area contributed by atoms with E-state index < -0.39 is 0 Å². The number of aromatic nitrogens is 8. The maximum absolute atomic E-state index is 4.47. The number of hydrogen-bond donors (Lipinski definition) is 0. The van der Waals surface area contributed by atoms with Crippen LogP contribution in [0.3, 0.4) is 0 Å². The van der Waals surface area contributed by atoms with E-state index >= 15 is 0 Å². The fourth-order valence-corrected chi connectivity index (χ4v) is 5.73. The van der Waals surface area contributed by atoms with Gasteiger partial charge in [-0.2, -0.15) is 0 Å². The lowest BCUT2D eigenvalue weighted by Gasteiger charge is -2.28. The molecule has 12 heteroatoms. The van der Waals surface area contributed by atoms with Crippen LogP contribution in [0.1, 0.15) is 27.7 Å². The molecule has 30 heavy (non-hydrogen) atoms. The third kappa shape index (κ3) is 3.65. The van der Waals surface area contributed by atoms with Gasteiger partial charge in [0.1, 0.15) is 46.7 Å². The van der Waals surface area contributed by atoms with Crippen LogP contribution in [-0.4, -0.2) is 65.4 Å². The van der Waals surface area contributed by atoms with Crippen molar-refractivity contribution in [2.45, 2.75) is 37.7 Å². The molecule has 4 aliphatic heterocycles. The first-order valence-electron chi connectivity index (χ1n) is 9.92. The summed E-state index contributed by atoms with van der Waals surface area (Å²) in [5.74, 6) is 1.29. The molecular formula is C18H24N10S2. The van der Waals surface area contributed by atoms with Gasteiger partial charge >= 0.3 is 0 Å². The topological polar surface area (TPSA) is 93.7 Å². The molecule has 158 valence electrons. The molecule has 0 fully saturated rings. The van der Waals surface area contributed by atoms with Gasteiger partial charge in [0.2, 0.25) is 0 Å². The Labute approximate surface area is 183 Å². The monoisotopic (exact) mass is 444 g/mol. The number of hydrogen-bond acceptors (Lipinski definition) is 10. The van der Waals surface area contributed by atoms with E-state index in [1.165, 1.54) is 0 Å². The summed E-state index contributed by atoms with van der Waals surface area (Å²) in [5, 5.41) is 6.35. The maximum Gasteiger partial charge on any atom is 0.184 e.